The number of nitro groups is 1. The third-order valence-electron chi connectivity index (χ3n) is 2.69. The zero-order valence-electron chi connectivity index (χ0n) is 11.8. The number of rotatable bonds is 7. The Morgan fingerprint density at radius 2 is 1.95 bits per heavy atom. The summed E-state index contributed by atoms with van der Waals surface area (Å²) in [4.78, 5) is 10.4. The topological polar surface area (TPSA) is 101 Å². The van der Waals surface area contributed by atoms with Crippen LogP contribution in [0, 0.1) is 17.0 Å². The van der Waals surface area contributed by atoms with Gasteiger partial charge in [-0.05, 0) is 31.9 Å². The zero-order chi connectivity index (χ0) is 15.3. The highest BCUT2D eigenvalue weighted by Gasteiger charge is 2.23. The molecule has 2 N–H and O–H groups in total. The van der Waals surface area contributed by atoms with Crippen LogP contribution in [0.3, 0.4) is 0 Å². The van der Waals surface area contributed by atoms with E-state index in [1.165, 1.54) is 6.07 Å². The molecule has 1 aromatic rings. The van der Waals surface area contributed by atoms with Gasteiger partial charge in [-0.3, -0.25) is 10.1 Å². The molecule has 0 aromatic heterocycles. The number of hydrogen-bond acceptors (Lipinski definition) is 5. The van der Waals surface area contributed by atoms with Crippen LogP contribution in [0.15, 0.2) is 17.0 Å². The molecule has 0 atom stereocenters. The number of sulfonamides is 1. The van der Waals surface area contributed by atoms with E-state index in [0.29, 0.717) is 30.8 Å². The highest BCUT2D eigenvalue weighted by atomic mass is 32.2. The maximum atomic E-state index is 12.1. The first-order valence-electron chi connectivity index (χ1n) is 6.36. The number of anilines is 1. The molecule has 0 aliphatic rings. The maximum Gasteiger partial charge on any atom is 0.293 e. The van der Waals surface area contributed by atoms with Gasteiger partial charge in [-0.2, -0.15) is 0 Å². The molecule has 8 heteroatoms. The van der Waals surface area contributed by atoms with E-state index in [0.717, 1.165) is 6.07 Å². The summed E-state index contributed by atoms with van der Waals surface area (Å²) in [5.74, 6) is 0. The van der Waals surface area contributed by atoms with E-state index in [4.69, 9.17) is 0 Å². The first kappa shape index (κ1) is 16.4. The van der Waals surface area contributed by atoms with Gasteiger partial charge in [-0.15, -0.1) is 0 Å². The third kappa shape index (κ3) is 3.67. The monoisotopic (exact) mass is 301 g/mol. The smallest absolute Gasteiger partial charge is 0.293 e. The van der Waals surface area contributed by atoms with E-state index in [1.54, 1.807) is 6.92 Å². The lowest BCUT2D eigenvalue weighted by molar-refractivity contribution is -0.384. The SMILES string of the molecule is CCCNS(=O)(=O)c1cc([N+](=O)[O-])c(NCC)cc1C. The van der Waals surface area contributed by atoms with E-state index in [9.17, 15) is 18.5 Å². The van der Waals surface area contributed by atoms with Gasteiger partial charge in [0.25, 0.3) is 5.69 Å². The third-order valence-corrected chi connectivity index (χ3v) is 4.29. The molecule has 0 heterocycles. The Bertz CT molecular complexity index is 599. The quantitative estimate of drug-likeness (QED) is 0.592. The number of hydrogen-bond donors (Lipinski definition) is 2. The Kier molecular flexibility index (Phi) is 5.46. The van der Waals surface area contributed by atoms with Crippen molar-refractivity contribution in [3.8, 4) is 0 Å². The van der Waals surface area contributed by atoms with Crippen molar-refractivity contribution in [2.75, 3.05) is 18.4 Å². The number of aryl methyl sites for hydroxylation is 1. The Labute approximate surface area is 118 Å². The van der Waals surface area contributed by atoms with Gasteiger partial charge in [0.2, 0.25) is 10.0 Å². The van der Waals surface area contributed by atoms with Crippen LogP contribution in [0.1, 0.15) is 25.8 Å². The van der Waals surface area contributed by atoms with E-state index in [2.05, 4.69) is 10.0 Å². The van der Waals surface area contributed by atoms with Crippen molar-refractivity contribution >= 4 is 21.4 Å². The minimum atomic E-state index is -3.72. The molecule has 1 rings (SSSR count). The molecule has 0 spiro atoms. The van der Waals surface area contributed by atoms with Crippen molar-refractivity contribution in [1.29, 1.82) is 0 Å². The Morgan fingerprint density at radius 3 is 2.45 bits per heavy atom. The van der Waals surface area contributed by atoms with Crippen molar-refractivity contribution in [3.05, 3.63) is 27.8 Å². The fraction of sp³-hybridized carbons (Fsp3) is 0.500. The summed E-state index contributed by atoms with van der Waals surface area (Å²) in [7, 11) is -3.72. The Hall–Kier alpha value is -1.67. The van der Waals surface area contributed by atoms with Gasteiger partial charge in [0.15, 0.2) is 0 Å². The van der Waals surface area contributed by atoms with Crippen LogP contribution >= 0.6 is 0 Å². The molecule has 0 amide bonds. The summed E-state index contributed by atoms with van der Waals surface area (Å²) in [6.07, 6.45) is 0.649. The summed E-state index contributed by atoms with van der Waals surface area (Å²) in [6, 6.07) is 2.59. The van der Waals surface area contributed by atoms with Crippen LogP contribution < -0.4 is 10.0 Å². The van der Waals surface area contributed by atoms with Gasteiger partial charge >= 0.3 is 0 Å². The second kappa shape index (κ2) is 6.67. The molecular formula is C12H19N3O4S. The average Bonchev–Trinajstić information content (AvgIpc) is 2.36. The largest absolute Gasteiger partial charge is 0.380 e. The number of nitro benzene ring substituents is 1. The second-order valence-electron chi connectivity index (χ2n) is 4.32. The van der Waals surface area contributed by atoms with Gasteiger partial charge in [-0.1, -0.05) is 6.92 Å². The molecule has 0 saturated carbocycles. The molecule has 7 nitrogen and oxygen atoms in total. The van der Waals surface area contributed by atoms with Crippen LogP contribution in [0.5, 0.6) is 0 Å². The highest BCUT2D eigenvalue weighted by molar-refractivity contribution is 7.89. The van der Waals surface area contributed by atoms with Crippen molar-refractivity contribution in [2.24, 2.45) is 0 Å². The summed E-state index contributed by atoms with van der Waals surface area (Å²) in [5, 5.41) is 13.9. The molecule has 0 bridgehead atoms. The number of nitrogens with one attached hydrogen (secondary N) is 2. The summed E-state index contributed by atoms with van der Waals surface area (Å²) >= 11 is 0. The van der Waals surface area contributed by atoms with Crippen LogP contribution in [-0.2, 0) is 10.0 Å². The number of benzene rings is 1. The van der Waals surface area contributed by atoms with Gasteiger partial charge in [0.1, 0.15) is 5.69 Å². The fourth-order valence-corrected chi connectivity index (χ4v) is 3.14. The second-order valence-corrected chi connectivity index (χ2v) is 6.06. The lowest BCUT2D eigenvalue weighted by atomic mass is 10.2. The van der Waals surface area contributed by atoms with E-state index >= 15 is 0 Å². The summed E-state index contributed by atoms with van der Waals surface area (Å²) in [6.45, 7) is 6.08. The van der Waals surface area contributed by atoms with Crippen LogP contribution in [0.4, 0.5) is 11.4 Å². The standard InChI is InChI=1S/C12H19N3O4S/c1-4-6-14-20(18,19)12-8-11(15(16)17)10(13-5-2)7-9(12)3/h7-8,13-14H,4-6H2,1-3H3. The summed E-state index contributed by atoms with van der Waals surface area (Å²) in [5.41, 5.74) is 0.550. The lowest BCUT2D eigenvalue weighted by Crippen LogP contribution is -2.25. The normalized spacial score (nSPS) is 11.3. The van der Waals surface area contributed by atoms with E-state index in [-0.39, 0.29) is 10.6 Å². The van der Waals surface area contributed by atoms with Crippen molar-refractivity contribution < 1.29 is 13.3 Å². The first-order chi connectivity index (χ1) is 9.33. The zero-order valence-corrected chi connectivity index (χ0v) is 12.6. The molecule has 112 valence electrons. The van der Waals surface area contributed by atoms with Gasteiger partial charge in [0, 0.05) is 19.2 Å². The molecule has 0 unspecified atom stereocenters. The minimum Gasteiger partial charge on any atom is -0.380 e. The van der Waals surface area contributed by atoms with Crippen LogP contribution in [0.25, 0.3) is 0 Å². The van der Waals surface area contributed by atoms with Gasteiger partial charge < -0.3 is 5.32 Å². The lowest BCUT2D eigenvalue weighted by Gasteiger charge is -2.11. The predicted octanol–water partition coefficient (Wildman–Crippen LogP) is 2.02. The molecule has 0 fully saturated rings. The van der Waals surface area contributed by atoms with Gasteiger partial charge in [-0.25, -0.2) is 13.1 Å². The molecule has 0 saturated heterocycles. The van der Waals surface area contributed by atoms with E-state index in [1.807, 2.05) is 13.8 Å². The van der Waals surface area contributed by atoms with Crippen molar-refractivity contribution in [3.63, 3.8) is 0 Å². The molecule has 1 aromatic carbocycles. The van der Waals surface area contributed by atoms with Crippen LogP contribution in [-0.4, -0.2) is 26.4 Å². The fourth-order valence-electron chi connectivity index (χ4n) is 1.76. The predicted molar refractivity (Wildman–Crippen MR) is 77.5 cm³/mol. The van der Waals surface area contributed by atoms with E-state index < -0.39 is 14.9 Å². The first-order valence-corrected chi connectivity index (χ1v) is 7.84. The number of nitrogens with zero attached hydrogens (tertiary/aromatic N) is 1. The maximum absolute atomic E-state index is 12.1. The average molecular weight is 301 g/mol. The molecule has 20 heavy (non-hydrogen) atoms. The molecule has 0 radical (unpaired) electrons. The van der Waals surface area contributed by atoms with Crippen molar-refractivity contribution in [1.82, 2.24) is 4.72 Å². The van der Waals surface area contributed by atoms with Crippen LogP contribution in [0.2, 0.25) is 0 Å². The highest BCUT2D eigenvalue weighted by Crippen LogP contribution is 2.30. The molecule has 0 aliphatic heterocycles. The van der Waals surface area contributed by atoms with Crippen molar-refractivity contribution in [2.45, 2.75) is 32.1 Å². The summed E-state index contributed by atoms with van der Waals surface area (Å²) < 4.78 is 26.6. The molecular weight excluding hydrogens is 282 g/mol. The Morgan fingerprint density at radius 1 is 1.30 bits per heavy atom. The Balaban J connectivity index is 3.35. The van der Waals surface area contributed by atoms with Gasteiger partial charge in [0.05, 0.1) is 9.82 Å². The minimum absolute atomic E-state index is 0.0562. The molecule has 0 aliphatic carbocycles.